The van der Waals surface area contributed by atoms with Crippen molar-refractivity contribution in [3.63, 3.8) is 0 Å². The monoisotopic (exact) mass is 430 g/mol. The van der Waals surface area contributed by atoms with Gasteiger partial charge >= 0.3 is 0 Å². The van der Waals surface area contributed by atoms with Crippen molar-refractivity contribution in [2.24, 2.45) is 5.92 Å². The molecule has 0 unspecified atom stereocenters. The van der Waals surface area contributed by atoms with E-state index >= 15 is 0 Å². The molecule has 2 atom stereocenters. The number of nitrogens with zero attached hydrogens (tertiary/aromatic N) is 4. The fraction of sp³-hybridized carbons (Fsp3) is 0.682. The van der Waals surface area contributed by atoms with Gasteiger partial charge in [-0.15, -0.1) is 11.3 Å². The van der Waals surface area contributed by atoms with Crippen molar-refractivity contribution in [1.82, 2.24) is 20.1 Å². The van der Waals surface area contributed by atoms with Gasteiger partial charge in [-0.1, -0.05) is 12.1 Å². The minimum Gasteiger partial charge on any atom is -0.370 e. The van der Waals surface area contributed by atoms with Gasteiger partial charge in [0.25, 0.3) is 5.91 Å². The van der Waals surface area contributed by atoms with Crippen molar-refractivity contribution in [2.75, 3.05) is 32.8 Å². The van der Waals surface area contributed by atoms with Crippen LogP contribution in [0.2, 0.25) is 0 Å². The molecule has 5 rings (SSSR count). The molecule has 0 aliphatic carbocycles. The first-order chi connectivity index (χ1) is 14.5. The summed E-state index contributed by atoms with van der Waals surface area (Å²) in [5.74, 6) is 0.448. The minimum atomic E-state index is -0.0908. The van der Waals surface area contributed by atoms with Gasteiger partial charge < -0.3 is 14.5 Å². The quantitative estimate of drug-likeness (QED) is 0.743. The lowest BCUT2D eigenvalue weighted by Crippen LogP contribution is -2.57. The van der Waals surface area contributed by atoms with E-state index in [0.29, 0.717) is 23.3 Å². The number of amides is 1. The summed E-state index contributed by atoms with van der Waals surface area (Å²) in [5, 5.41) is 7.46. The lowest BCUT2D eigenvalue weighted by Gasteiger charge is -2.49. The Labute approximate surface area is 181 Å². The molecule has 2 saturated heterocycles. The minimum absolute atomic E-state index is 0.0667. The summed E-state index contributed by atoms with van der Waals surface area (Å²) in [4.78, 5) is 20.0. The number of hydrogen-bond acceptors (Lipinski definition) is 7. The largest absolute Gasteiger partial charge is 0.370 e. The highest BCUT2D eigenvalue weighted by Gasteiger charge is 2.45. The molecule has 162 valence electrons. The van der Waals surface area contributed by atoms with Crippen molar-refractivity contribution in [1.29, 1.82) is 0 Å². The van der Waals surface area contributed by atoms with Crippen molar-refractivity contribution in [3.8, 4) is 0 Å². The number of hydrogen-bond donors (Lipinski definition) is 0. The lowest BCUT2D eigenvalue weighted by molar-refractivity contribution is -0.114. The number of ether oxygens (including phenoxy) is 1. The van der Waals surface area contributed by atoms with Gasteiger partial charge in [0.2, 0.25) is 0 Å². The van der Waals surface area contributed by atoms with Crippen molar-refractivity contribution >= 4 is 17.2 Å². The van der Waals surface area contributed by atoms with Gasteiger partial charge in [-0.05, 0) is 49.9 Å². The number of thiophene rings is 1. The number of aryl methyl sites for hydroxylation is 2. The van der Waals surface area contributed by atoms with Crippen molar-refractivity contribution in [2.45, 2.75) is 58.1 Å². The Kier molecular flexibility index (Phi) is 5.19. The summed E-state index contributed by atoms with van der Waals surface area (Å²) in [7, 11) is 0. The molecule has 1 amide bonds. The first-order valence-electron chi connectivity index (χ1n) is 11.1. The van der Waals surface area contributed by atoms with E-state index in [2.05, 4.69) is 39.8 Å². The molecule has 5 heterocycles. The summed E-state index contributed by atoms with van der Waals surface area (Å²) in [5.41, 5.74) is 2.28. The summed E-state index contributed by atoms with van der Waals surface area (Å²) >= 11 is 1.98. The van der Waals surface area contributed by atoms with E-state index in [4.69, 9.17) is 4.74 Å². The van der Waals surface area contributed by atoms with Crippen LogP contribution in [-0.2, 0) is 23.2 Å². The zero-order chi connectivity index (χ0) is 20.9. The molecule has 3 aliphatic heterocycles. The second kappa shape index (κ2) is 7.73. The zero-order valence-electron chi connectivity index (χ0n) is 18.0. The average molecular weight is 431 g/mol. The SMILES string of the molecule is CCc1cc2c(s1)CCO[C@@]21CCN(CC2CN(C(=O)c3nonc3C)C2)[C@@H](C)C1. The van der Waals surface area contributed by atoms with Crippen molar-refractivity contribution < 1.29 is 14.2 Å². The predicted molar refractivity (Wildman–Crippen MR) is 114 cm³/mol. The van der Waals surface area contributed by atoms with Gasteiger partial charge in [0.1, 0.15) is 5.69 Å². The first-order valence-corrected chi connectivity index (χ1v) is 11.9. The van der Waals surface area contributed by atoms with Crippen LogP contribution in [0.1, 0.15) is 58.2 Å². The molecule has 2 aromatic rings. The first kappa shape index (κ1) is 20.2. The van der Waals surface area contributed by atoms with Gasteiger partial charge in [0, 0.05) is 54.3 Å². The third-order valence-corrected chi connectivity index (χ3v) is 8.39. The number of piperidine rings is 1. The lowest BCUT2D eigenvalue weighted by atomic mass is 9.79. The molecule has 30 heavy (non-hydrogen) atoms. The Hall–Kier alpha value is -1.77. The van der Waals surface area contributed by atoms with Gasteiger partial charge in [-0.3, -0.25) is 4.79 Å². The second-order valence-electron chi connectivity index (χ2n) is 9.07. The van der Waals surface area contributed by atoms with Crippen LogP contribution in [0.3, 0.4) is 0 Å². The van der Waals surface area contributed by atoms with E-state index in [9.17, 15) is 4.79 Å². The summed E-state index contributed by atoms with van der Waals surface area (Å²) in [6, 6.07) is 2.89. The number of rotatable bonds is 4. The molecule has 3 aliphatic rings. The molecule has 2 fully saturated rings. The molecule has 0 N–H and O–H groups in total. The second-order valence-corrected chi connectivity index (χ2v) is 10.3. The number of likely N-dealkylation sites (tertiary alicyclic amines) is 2. The van der Waals surface area contributed by atoms with Crippen LogP contribution in [-0.4, -0.2) is 64.8 Å². The van der Waals surface area contributed by atoms with Crippen LogP contribution in [0, 0.1) is 12.8 Å². The van der Waals surface area contributed by atoms with Gasteiger partial charge in [-0.2, -0.15) is 0 Å². The van der Waals surface area contributed by atoms with E-state index in [-0.39, 0.29) is 11.5 Å². The van der Waals surface area contributed by atoms with E-state index < -0.39 is 0 Å². The maximum atomic E-state index is 12.5. The maximum absolute atomic E-state index is 12.5. The average Bonchev–Trinajstić information content (AvgIpc) is 3.32. The normalized spacial score (nSPS) is 27.3. The van der Waals surface area contributed by atoms with E-state index in [1.54, 1.807) is 11.8 Å². The van der Waals surface area contributed by atoms with Gasteiger partial charge in [-0.25, -0.2) is 4.63 Å². The van der Waals surface area contributed by atoms with Crippen LogP contribution in [0.15, 0.2) is 10.7 Å². The Morgan fingerprint density at radius 1 is 1.37 bits per heavy atom. The highest BCUT2D eigenvalue weighted by atomic mass is 32.1. The zero-order valence-corrected chi connectivity index (χ0v) is 18.8. The van der Waals surface area contributed by atoms with Gasteiger partial charge in [0.15, 0.2) is 5.69 Å². The molecule has 1 spiro atoms. The van der Waals surface area contributed by atoms with E-state index in [1.165, 1.54) is 10.4 Å². The highest BCUT2D eigenvalue weighted by molar-refractivity contribution is 7.12. The Morgan fingerprint density at radius 2 is 2.20 bits per heavy atom. The third-order valence-electron chi connectivity index (χ3n) is 7.05. The number of carbonyl (C=O) groups is 1. The molecule has 0 aromatic carbocycles. The fourth-order valence-corrected chi connectivity index (χ4v) is 6.48. The fourth-order valence-electron chi connectivity index (χ4n) is 5.30. The Morgan fingerprint density at radius 3 is 2.90 bits per heavy atom. The summed E-state index contributed by atoms with van der Waals surface area (Å²) in [6.45, 7) is 10.8. The molecular weight excluding hydrogens is 400 g/mol. The molecule has 0 bridgehead atoms. The van der Waals surface area contributed by atoms with Crippen LogP contribution < -0.4 is 0 Å². The molecule has 0 radical (unpaired) electrons. The standard InChI is InChI=1S/C22H30N4O3S/c1-4-17-9-18-19(30-17)5-8-28-22(18)6-7-25(14(2)10-22)11-16-12-26(13-16)21(27)20-15(3)23-29-24-20/h9,14,16H,4-8,10-13H2,1-3H3/t14-,22+/m0/s1. The van der Waals surface area contributed by atoms with Gasteiger partial charge in [0.05, 0.1) is 12.2 Å². The molecule has 8 heteroatoms. The molecule has 7 nitrogen and oxygen atoms in total. The van der Waals surface area contributed by atoms with E-state index in [1.807, 2.05) is 16.2 Å². The highest BCUT2D eigenvalue weighted by Crippen LogP contribution is 2.46. The van der Waals surface area contributed by atoms with Crippen LogP contribution in [0.25, 0.3) is 0 Å². The summed E-state index contributed by atoms with van der Waals surface area (Å²) < 4.78 is 11.1. The summed E-state index contributed by atoms with van der Waals surface area (Å²) in [6.07, 6.45) is 4.28. The predicted octanol–water partition coefficient (Wildman–Crippen LogP) is 3.03. The van der Waals surface area contributed by atoms with E-state index in [0.717, 1.165) is 58.5 Å². The Bertz CT molecular complexity index is 935. The number of aromatic nitrogens is 2. The third kappa shape index (κ3) is 3.39. The molecule has 2 aromatic heterocycles. The molecule has 0 saturated carbocycles. The van der Waals surface area contributed by atoms with Crippen LogP contribution in [0.5, 0.6) is 0 Å². The number of carbonyl (C=O) groups excluding carboxylic acids is 1. The van der Waals surface area contributed by atoms with Crippen LogP contribution in [0.4, 0.5) is 0 Å². The maximum Gasteiger partial charge on any atom is 0.278 e. The smallest absolute Gasteiger partial charge is 0.278 e. The molecular formula is C22H30N4O3S. The Balaban J connectivity index is 1.19. The number of fused-ring (bicyclic) bond motifs is 2. The topological polar surface area (TPSA) is 71.7 Å². The van der Waals surface area contributed by atoms with Crippen molar-refractivity contribution in [3.05, 3.63) is 32.8 Å². The van der Waals surface area contributed by atoms with Crippen LogP contribution >= 0.6 is 11.3 Å².